The second-order valence-electron chi connectivity index (χ2n) is 4.60. The van der Waals surface area contributed by atoms with Crippen LogP contribution in [0.4, 0.5) is 0 Å². The molecule has 2 rings (SSSR count). The summed E-state index contributed by atoms with van der Waals surface area (Å²) in [5.41, 5.74) is 7.23. The molecule has 0 amide bonds. The Kier molecular flexibility index (Phi) is 2.80. The van der Waals surface area contributed by atoms with E-state index in [0.29, 0.717) is 0 Å². The Morgan fingerprint density at radius 3 is 3.07 bits per heavy atom. The molecule has 4 nitrogen and oxygen atoms in total. The topological polar surface area (TPSA) is 53.1 Å². The first-order valence-corrected chi connectivity index (χ1v) is 5.47. The third-order valence-corrected chi connectivity index (χ3v) is 3.25. The molecule has 1 aromatic heterocycles. The van der Waals surface area contributed by atoms with Gasteiger partial charge in [0.2, 0.25) is 0 Å². The summed E-state index contributed by atoms with van der Waals surface area (Å²) in [6.07, 6.45) is 6.91. The smallest absolute Gasteiger partial charge is 0.0808 e. The van der Waals surface area contributed by atoms with Crippen LogP contribution >= 0.6 is 0 Å². The van der Waals surface area contributed by atoms with Crippen molar-refractivity contribution in [1.82, 2.24) is 9.78 Å². The number of hydrogen-bond donors (Lipinski definition) is 1. The molecule has 2 N–H and O–H groups in total. The fourth-order valence-corrected chi connectivity index (χ4v) is 2.14. The average molecular weight is 209 g/mol. The van der Waals surface area contributed by atoms with Gasteiger partial charge in [0.15, 0.2) is 0 Å². The van der Waals surface area contributed by atoms with Crippen molar-refractivity contribution in [2.75, 3.05) is 6.61 Å². The van der Waals surface area contributed by atoms with Gasteiger partial charge in [-0.05, 0) is 31.7 Å². The molecule has 0 radical (unpaired) electrons. The van der Waals surface area contributed by atoms with Crippen LogP contribution in [-0.4, -0.2) is 28.0 Å². The van der Waals surface area contributed by atoms with Crippen LogP contribution in [0.1, 0.15) is 25.3 Å². The molecule has 2 heterocycles. The van der Waals surface area contributed by atoms with Crippen molar-refractivity contribution in [3.63, 3.8) is 0 Å². The van der Waals surface area contributed by atoms with Crippen molar-refractivity contribution < 1.29 is 4.74 Å². The Labute approximate surface area is 90.4 Å². The van der Waals surface area contributed by atoms with Crippen molar-refractivity contribution in [3.8, 4) is 0 Å². The maximum absolute atomic E-state index is 6.19. The molecule has 1 fully saturated rings. The summed E-state index contributed by atoms with van der Waals surface area (Å²) in [5, 5.41) is 4.14. The van der Waals surface area contributed by atoms with Gasteiger partial charge in [-0.1, -0.05) is 0 Å². The zero-order valence-corrected chi connectivity index (χ0v) is 9.44. The Balaban J connectivity index is 1.99. The van der Waals surface area contributed by atoms with Gasteiger partial charge in [-0.25, -0.2) is 0 Å². The molecule has 1 saturated heterocycles. The molecule has 0 saturated carbocycles. The van der Waals surface area contributed by atoms with Crippen LogP contribution in [0.3, 0.4) is 0 Å². The lowest BCUT2D eigenvalue weighted by molar-refractivity contribution is -0.000907. The van der Waals surface area contributed by atoms with E-state index < -0.39 is 0 Å². The summed E-state index contributed by atoms with van der Waals surface area (Å²) in [4.78, 5) is 0. The van der Waals surface area contributed by atoms with E-state index in [2.05, 4.69) is 12.0 Å². The fraction of sp³-hybridized carbons (Fsp3) is 0.727. The van der Waals surface area contributed by atoms with Gasteiger partial charge in [0.05, 0.1) is 11.8 Å². The molecule has 2 atom stereocenters. The van der Waals surface area contributed by atoms with E-state index in [1.807, 2.05) is 19.4 Å². The van der Waals surface area contributed by atoms with Crippen LogP contribution in [0.5, 0.6) is 0 Å². The lowest BCUT2D eigenvalue weighted by Gasteiger charge is -2.30. The van der Waals surface area contributed by atoms with Gasteiger partial charge < -0.3 is 10.5 Å². The van der Waals surface area contributed by atoms with Gasteiger partial charge in [0.1, 0.15) is 0 Å². The van der Waals surface area contributed by atoms with Crippen molar-refractivity contribution in [2.24, 2.45) is 12.8 Å². The molecular weight excluding hydrogens is 190 g/mol. The summed E-state index contributed by atoms with van der Waals surface area (Å²) >= 11 is 0. The number of ether oxygens (including phenoxy) is 1. The molecule has 2 unspecified atom stereocenters. The summed E-state index contributed by atoms with van der Waals surface area (Å²) in [6.45, 7) is 2.96. The maximum atomic E-state index is 6.19. The standard InChI is InChI=1S/C11H19N3O/c1-11(4-3-5-15-11)10(12)6-9-7-13-14(2)8-9/h7-8,10H,3-6,12H2,1-2H3. The number of rotatable bonds is 3. The second-order valence-corrected chi connectivity index (χ2v) is 4.60. The first-order valence-electron chi connectivity index (χ1n) is 5.47. The normalized spacial score (nSPS) is 28.2. The van der Waals surface area contributed by atoms with E-state index in [-0.39, 0.29) is 11.6 Å². The SMILES string of the molecule is Cn1cc(CC(N)C2(C)CCCO2)cn1. The van der Waals surface area contributed by atoms with Crippen LogP contribution in [0.25, 0.3) is 0 Å². The molecule has 1 aliphatic rings. The lowest BCUT2D eigenvalue weighted by atomic mass is 9.90. The second kappa shape index (κ2) is 3.94. The number of nitrogens with two attached hydrogens (primary N) is 1. The molecule has 1 aliphatic heterocycles. The molecule has 84 valence electrons. The number of aromatic nitrogens is 2. The maximum Gasteiger partial charge on any atom is 0.0808 e. The Hall–Kier alpha value is -0.870. The van der Waals surface area contributed by atoms with E-state index >= 15 is 0 Å². The molecular formula is C11H19N3O. The minimum atomic E-state index is -0.143. The summed E-state index contributed by atoms with van der Waals surface area (Å²) in [7, 11) is 1.92. The minimum Gasteiger partial charge on any atom is -0.374 e. The lowest BCUT2D eigenvalue weighted by Crippen LogP contribution is -2.46. The highest BCUT2D eigenvalue weighted by Gasteiger charge is 2.36. The van der Waals surface area contributed by atoms with Gasteiger partial charge in [0.25, 0.3) is 0 Å². The Bertz CT molecular complexity index is 328. The van der Waals surface area contributed by atoms with Crippen molar-refractivity contribution >= 4 is 0 Å². The van der Waals surface area contributed by atoms with Gasteiger partial charge in [0, 0.05) is 25.9 Å². The molecule has 15 heavy (non-hydrogen) atoms. The molecule has 0 spiro atoms. The van der Waals surface area contributed by atoms with E-state index in [0.717, 1.165) is 25.9 Å². The predicted octanol–water partition coefficient (Wildman–Crippen LogP) is 0.859. The summed E-state index contributed by atoms with van der Waals surface area (Å²) in [5.74, 6) is 0. The largest absolute Gasteiger partial charge is 0.374 e. The Morgan fingerprint density at radius 2 is 2.53 bits per heavy atom. The van der Waals surface area contributed by atoms with Crippen molar-refractivity contribution in [1.29, 1.82) is 0 Å². The number of hydrogen-bond acceptors (Lipinski definition) is 3. The molecule has 0 bridgehead atoms. The van der Waals surface area contributed by atoms with Crippen LogP contribution in [-0.2, 0) is 18.2 Å². The van der Waals surface area contributed by atoms with Crippen molar-refractivity contribution in [2.45, 2.75) is 37.8 Å². The zero-order valence-electron chi connectivity index (χ0n) is 9.44. The highest BCUT2D eigenvalue weighted by molar-refractivity contribution is 5.08. The van der Waals surface area contributed by atoms with E-state index in [1.54, 1.807) is 4.68 Å². The first kappa shape index (κ1) is 10.6. The fourth-order valence-electron chi connectivity index (χ4n) is 2.14. The Morgan fingerprint density at radius 1 is 1.73 bits per heavy atom. The van der Waals surface area contributed by atoms with Crippen LogP contribution in [0, 0.1) is 0 Å². The zero-order chi connectivity index (χ0) is 10.9. The highest BCUT2D eigenvalue weighted by atomic mass is 16.5. The van der Waals surface area contributed by atoms with Crippen LogP contribution in [0.15, 0.2) is 12.4 Å². The van der Waals surface area contributed by atoms with Gasteiger partial charge in [-0.3, -0.25) is 4.68 Å². The van der Waals surface area contributed by atoms with Crippen LogP contribution < -0.4 is 5.73 Å². The number of aryl methyl sites for hydroxylation is 1. The first-order chi connectivity index (χ1) is 7.10. The van der Waals surface area contributed by atoms with E-state index in [4.69, 9.17) is 10.5 Å². The third kappa shape index (κ3) is 2.21. The third-order valence-electron chi connectivity index (χ3n) is 3.25. The predicted molar refractivity (Wildman–Crippen MR) is 58.5 cm³/mol. The van der Waals surface area contributed by atoms with Crippen molar-refractivity contribution in [3.05, 3.63) is 18.0 Å². The average Bonchev–Trinajstić information content (AvgIpc) is 2.76. The van der Waals surface area contributed by atoms with Gasteiger partial charge in [-0.2, -0.15) is 5.10 Å². The molecule has 0 aromatic carbocycles. The minimum absolute atomic E-state index is 0.0594. The van der Waals surface area contributed by atoms with Gasteiger partial charge in [-0.15, -0.1) is 0 Å². The van der Waals surface area contributed by atoms with E-state index in [1.165, 1.54) is 5.56 Å². The van der Waals surface area contributed by atoms with Crippen LogP contribution in [0.2, 0.25) is 0 Å². The quantitative estimate of drug-likeness (QED) is 0.803. The molecule has 4 heteroatoms. The monoisotopic (exact) mass is 209 g/mol. The number of nitrogens with zero attached hydrogens (tertiary/aromatic N) is 2. The highest BCUT2D eigenvalue weighted by Crippen LogP contribution is 2.29. The van der Waals surface area contributed by atoms with Gasteiger partial charge >= 0.3 is 0 Å². The van der Waals surface area contributed by atoms with E-state index in [9.17, 15) is 0 Å². The molecule has 1 aromatic rings. The summed E-state index contributed by atoms with van der Waals surface area (Å²) < 4.78 is 7.53. The molecule has 0 aliphatic carbocycles. The summed E-state index contributed by atoms with van der Waals surface area (Å²) in [6, 6.07) is 0.0594.